The van der Waals surface area contributed by atoms with Crippen molar-refractivity contribution in [2.75, 3.05) is 0 Å². The fraction of sp³-hybridized carbons (Fsp3) is 0.370. The fourth-order valence-electron chi connectivity index (χ4n) is 4.77. The van der Waals surface area contributed by atoms with Gasteiger partial charge in [0.05, 0.1) is 0 Å². The molecule has 30 heavy (non-hydrogen) atoms. The van der Waals surface area contributed by atoms with E-state index in [0.717, 1.165) is 6.42 Å². The van der Waals surface area contributed by atoms with Gasteiger partial charge in [-0.3, -0.25) is 0 Å². The Hall–Kier alpha value is -0.747. The third-order valence-corrected chi connectivity index (χ3v) is 14.2. The van der Waals surface area contributed by atoms with E-state index in [9.17, 15) is 0 Å². The summed E-state index contributed by atoms with van der Waals surface area (Å²) in [5.41, 5.74) is 6.18. The molecule has 0 aliphatic heterocycles. The fourth-order valence-corrected chi connectivity index (χ4v) is 13.1. The Morgan fingerprint density at radius 3 is 2.23 bits per heavy atom. The van der Waals surface area contributed by atoms with Gasteiger partial charge >= 0.3 is 179 Å². The second-order valence-corrected chi connectivity index (χ2v) is 14.7. The summed E-state index contributed by atoms with van der Waals surface area (Å²) in [7, 11) is 0. The second kappa shape index (κ2) is 12.3. The van der Waals surface area contributed by atoms with Crippen molar-refractivity contribution in [1.82, 2.24) is 0 Å². The molecule has 0 amide bonds. The predicted molar refractivity (Wildman–Crippen MR) is 120 cm³/mol. The molecule has 4 rings (SSSR count). The molecule has 0 aromatic heterocycles. The Kier molecular flexibility index (Phi) is 10.5. The Morgan fingerprint density at radius 1 is 0.867 bits per heavy atom. The second-order valence-electron chi connectivity index (χ2n) is 8.18. The van der Waals surface area contributed by atoms with Gasteiger partial charge < -0.3 is 24.8 Å². The Morgan fingerprint density at radius 2 is 1.57 bits per heavy atom. The summed E-state index contributed by atoms with van der Waals surface area (Å²) in [5, 5.41) is 0. The van der Waals surface area contributed by atoms with Crippen LogP contribution in [0.25, 0.3) is 11.1 Å². The Bertz CT molecular complexity index is 943. The zero-order valence-electron chi connectivity index (χ0n) is 18.2. The van der Waals surface area contributed by atoms with Gasteiger partial charge in [-0.1, -0.05) is 0 Å². The quantitative estimate of drug-likeness (QED) is 0.416. The van der Waals surface area contributed by atoms with E-state index in [2.05, 4.69) is 74.5 Å². The average molecular weight is 519 g/mol. The van der Waals surface area contributed by atoms with Crippen molar-refractivity contribution in [3.8, 4) is 11.1 Å². The van der Waals surface area contributed by atoms with Crippen LogP contribution >= 0.6 is 0 Å². The summed E-state index contributed by atoms with van der Waals surface area (Å²) >= 11 is -2.02. The molecule has 2 aliphatic carbocycles. The zero-order chi connectivity index (χ0) is 19.3. The van der Waals surface area contributed by atoms with Crippen LogP contribution in [0.5, 0.6) is 0 Å². The van der Waals surface area contributed by atoms with Gasteiger partial charge in [-0.25, -0.2) is 0 Å². The Balaban J connectivity index is 0.00000160. The van der Waals surface area contributed by atoms with Crippen molar-refractivity contribution in [3.63, 3.8) is 0 Å². The minimum atomic E-state index is -2.02. The minimum Gasteiger partial charge on any atom is -1.00 e. The van der Waals surface area contributed by atoms with E-state index in [4.69, 9.17) is 0 Å². The molecule has 2 aromatic carbocycles. The van der Waals surface area contributed by atoms with Gasteiger partial charge in [0.1, 0.15) is 0 Å². The molecule has 0 spiro atoms. The van der Waals surface area contributed by atoms with Crippen LogP contribution in [0, 0.1) is 0 Å². The molecule has 3 heteroatoms. The number of fused-ring (bicyclic) bond motifs is 3. The number of allylic oxidation sites excluding steroid dienone is 4. The molecule has 0 saturated carbocycles. The third-order valence-electron chi connectivity index (χ3n) is 6.23. The van der Waals surface area contributed by atoms with Gasteiger partial charge in [-0.2, -0.15) is 0 Å². The summed E-state index contributed by atoms with van der Waals surface area (Å²) in [6, 6.07) is 16.3. The normalized spacial score (nSPS) is 12.8. The van der Waals surface area contributed by atoms with Crippen molar-refractivity contribution < 1.29 is 46.1 Å². The van der Waals surface area contributed by atoms with Crippen LogP contribution in [0.2, 0.25) is 0 Å². The largest absolute Gasteiger partial charge is 1.00 e. The first kappa shape index (κ1) is 25.5. The van der Waals surface area contributed by atoms with Gasteiger partial charge in [-0.15, -0.1) is 0 Å². The van der Waals surface area contributed by atoms with Gasteiger partial charge in [0.15, 0.2) is 0 Å². The number of hydrogen-bond donors (Lipinski definition) is 0. The maximum absolute atomic E-state index is 2.51. The zero-order valence-corrected chi connectivity index (χ0v) is 22.2. The monoisotopic (exact) mass is 516 g/mol. The molecule has 0 fully saturated rings. The molecule has 2 aliphatic rings. The van der Waals surface area contributed by atoms with E-state index in [1.807, 2.05) is 3.21 Å². The molecule has 0 nitrogen and oxygen atoms in total. The van der Waals surface area contributed by atoms with Crippen LogP contribution < -0.4 is 28.1 Å². The van der Waals surface area contributed by atoms with Crippen LogP contribution in [0.4, 0.5) is 0 Å². The van der Waals surface area contributed by atoms with Crippen molar-refractivity contribution >= 4 is 6.48 Å². The third kappa shape index (κ3) is 5.35. The topological polar surface area (TPSA) is 0 Å². The predicted octanol–water partition coefficient (Wildman–Crippen LogP) is 0.906. The van der Waals surface area contributed by atoms with Crippen LogP contribution in [-0.2, 0) is 27.7 Å². The molecule has 0 radical (unpaired) electrons. The summed E-state index contributed by atoms with van der Waals surface area (Å²) in [6.45, 7) is 4.68. The van der Waals surface area contributed by atoms with Crippen molar-refractivity contribution in [2.24, 2.45) is 0 Å². The molecule has 158 valence electrons. The average Bonchev–Trinajstić information content (AvgIpc) is 3.38. The van der Waals surface area contributed by atoms with Gasteiger partial charge in [0.25, 0.3) is 0 Å². The van der Waals surface area contributed by atoms with E-state index in [1.165, 1.54) is 61.6 Å². The molecule has 0 heterocycles. The molecule has 0 unspecified atom stereocenters. The molecule has 0 atom stereocenters. The number of benzene rings is 2. The first-order valence-electron chi connectivity index (χ1n) is 11.1. The standard InChI is InChI=1S/C13H9.C9H18.C5H5.2ClH.Zr/c1-3-7-12-10(5-1)9-11-6-2-4-8-13(11)12;1-3-5-7-9-8-6-4-2;1-2-4-5-3-1;;;/h1-5,7-8H,9H2;3-8H2,1-2H3;1-3H,4H2;2*1H;/q;;;;;+2/p-2. The molecule has 2 aromatic rings. The SMILES string of the molecule is CCCC[C](CCCC)=[Zr+2]([C]1=CC=CC1)[c]1cccc2c1Cc1ccccc1-2.[Cl-].[Cl-]. The van der Waals surface area contributed by atoms with Crippen molar-refractivity contribution in [1.29, 1.82) is 0 Å². The number of unbranched alkanes of at least 4 members (excludes halogenated alkanes) is 2. The summed E-state index contributed by atoms with van der Waals surface area (Å²) in [4.78, 5) is 0. The smallest absolute Gasteiger partial charge is 1.00 e. The molecular formula is C27H32Cl2Zr. The van der Waals surface area contributed by atoms with Crippen LogP contribution in [-0.4, -0.2) is 3.21 Å². The maximum atomic E-state index is 2.51. The van der Waals surface area contributed by atoms with Gasteiger partial charge in [0, 0.05) is 0 Å². The maximum Gasteiger partial charge on any atom is -1.00 e. The van der Waals surface area contributed by atoms with Crippen LogP contribution in [0.15, 0.2) is 64.0 Å². The molecule has 0 N–H and O–H groups in total. The van der Waals surface area contributed by atoms with E-state index < -0.39 is 21.3 Å². The molecule has 0 bridgehead atoms. The van der Waals surface area contributed by atoms with Gasteiger partial charge in [0.2, 0.25) is 0 Å². The van der Waals surface area contributed by atoms with Crippen molar-refractivity contribution in [3.05, 3.63) is 75.1 Å². The van der Waals surface area contributed by atoms with E-state index in [0.29, 0.717) is 0 Å². The summed E-state index contributed by atoms with van der Waals surface area (Å²) in [6.07, 6.45) is 17.6. The first-order valence-corrected chi connectivity index (χ1v) is 14.8. The van der Waals surface area contributed by atoms with Crippen molar-refractivity contribution in [2.45, 2.75) is 65.2 Å². The molecule has 0 saturated heterocycles. The first-order chi connectivity index (χ1) is 13.8. The number of hydrogen-bond acceptors (Lipinski definition) is 0. The van der Waals surface area contributed by atoms with Gasteiger partial charge in [-0.05, 0) is 0 Å². The minimum absolute atomic E-state index is 0. The number of halogens is 2. The number of rotatable bonds is 8. The van der Waals surface area contributed by atoms with Crippen LogP contribution in [0.3, 0.4) is 0 Å². The van der Waals surface area contributed by atoms with E-state index >= 15 is 0 Å². The van der Waals surface area contributed by atoms with E-state index in [1.54, 1.807) is 12.1 Å². The molecular weight excluding hydrogens is 486 g/mol. The Labute approximate surface area is 202 Å². The summed E-state index contributed by atoms with van der Waals surface area (Å²) in [5.74, 6) is 0. The van der Waals surface area contributed by atoms with Crippen LogP contribution in [0.1, 0.15) is 69.9 Å². The summed E-state index contributed by atoms with van der Waals surface area (Å²) < 4.78 is 5.53. The van der Waals surface area contributed by atoms with E-state index in [-0.39, 0.29) is 24.8 Å².